The van der Waals surface area contributed by atoms with Crippen molar-refractivity contribution in [2.24, 2.45) is 5.92 Å². The second-order valence-corrected chi connectivity index (χ2v) is 5.09. The molecule has 1 aliphatic rings. The van der Waals surface area contributed by atoms with Gasteiger partial charge in [0.05, 0.1) is 0 Å². The quantitative estimate of drug-likeness (QED) is 0.864. The first-order valence-corrected chi connectivity index (χ1v) is 6.46. The van der Waals surface area contributed by atoms with Crippen molar-refractivity contribution < 1.29 is 19.1 Å². The molecule has 1 saturated carbocycles. The van der Waals surface area contributed by atoms with Crippen LogP contribution in [-0.2, 0) is 11.3 Å². The lowest BCUT2D eigenvalue weighted by molar-refractivity contribution is -0.139. The van der Waals surface area contributed by atoms with Crippen LogP contribution in [0.3, 0.4) is 0 Å². The minimum atomic E-state index is -1.00. The molecule has 5 nitrogen and oxygen atoms in total. The van der Waals surface area contributed by atoms with Crippen molar-refractivity contribution in [2.75, 3.05) is 7.05 Å². The van der Waals surface area contributed by atoms with Gasteiger partial charge in [0.15, 0.2) is 0 Å². The highest BCUT2D eigenvalue weighted by Crippen LogP contribution is 2.32. The summed E-state index contributed by atoms with van der Waals surface area (Å²) < 4.78 is 12.8. The lowest BCUT2D eigenvalue weighted by Crippen LogP contribution is -2.47. The lowest BCUT2D eigenvalue weighted by atomic mass is 10.2. The minimum absolute atomic E-state index is 0.0377. The number of hydrogen-bond acceptors (Lipinski definition) is 2. The summed E-state index contributed by atoms with van der Waals surface area (Å²) in [6.07, 6.45) is 1.66. The third-order valence-electron chi connectivity index (χ3n) is 3.32. The Morgan fingerprint density at radius 1 is 1.40 bits per heavy atom. The van der Waals surface area contributed by atoms with Crippen molar-refractivity contribution in [1.82, 2.24) is 10.2 Å². The molecular formula is C14H17FN2O3. The molecule has 2 rings (SSSR count). The molecule has 0 aromatic heterocycles. The molecule has 108 valence electrons. The Morgan fingerprint density at radius 2 is 2.00 bits per heavy atom. The average Bonchev–Trinajstić information content (AvgIpc) is 3.22. The number of rotatable bonds is 5. The molecule has 0 saturated heterocycles. The highest BCUT2D eigenvalue weighted by atomic mass is 19.1. The highest BCUT2D eigenvalue weighted by Gasteiger charge is 2.37. The van der Waals surface area contributed by atoms with Gasteiger partial charge in [0.1, 0.15) is 11.9 Å². The van der Waals surface area contributed by atoms with Gasteiger partial charge in [0.2, 0.25) is 0 Å². The van der Waals surface area contributed by atoms with Crippen LogP contribution in [0.4, 0.5) is 9.18 Å². The zero-order valence-corrected chi connectivity index (χ0v) is 11.2. The molecular weight excluding hydrogens is 263 g/mol. The van der Waals surface area contributed by atoms with Crippen LogP contribution in [-0.4, -0.2) is 35.1 Å². The van der Waals surface area contributed by atoms with Crippen LogP contribution in [0.5, 0.6) is 0 Å². The Bertz CT molecular complexity index is 500. The van der Waals surface area contributed by atoms with Crippen LogP contribution in [0.15, 0.2) is 24.3 Å². The topological polar surface area (TPSA) is 69.6 Å². The van der Waals surface area contributed by atoms with Crippen LogP contribution in [0, 0.1) is 11.7 Å². The number of halogens is 1. The molecule has 2 N–H and O–H groups in total. The summed E-state index contributed by atoms with van der Waals surface area (Å²) in [6.45, 7) is 0.295. The first-order valence-electron chi connectivity index (χ1n) is 6.46. The fourth-order valence-corrected chi connectivity index (χ4v) is 1.99. The van der Waals surface area contributed by atoms with Crippen LogP contribution < -0.4 is 5.32 Å². The van der Waals surface area contributed by atoms with Crippen LogP contribution in [0.2, 0.25) is 0 Å². The van der Waals surface area contributed by atoms with Crippen LogP contribution in [0.25, 0.3) is 0 Å². The summed E-state index contributed by atoms with van der Waals surface area (Å²) in [5, 5.41) is 11.6. The van der Waals surface area contributed by atoms with E-state index in [1.807, 2.05) is 0 Å². The fourth-order valence-electron chi connectivity index (χ4n) is 1.99. The van der Waals surface area contributed by atoms with Crippen molar-refractivity contribution in [1.29, 1.82) is 0 Å². The standard InChI is InChI=1S/C14H17FN2O3/c1-17(8-9-2-6-11(15)7-3-9)14(20)16-12(13(18)19)10-4-5-10/h2-3,6-7,10,12H,4-5,8H2,1H3,(H,16,20)(H,18,19). The van der Waals surface area contributed by atoms with Gasteiger partial charge >= 0.3 is 12.0 Å². The fraction of sp³-hybridized carbons (Fsp3) is 0.429. The predicted molar refractivity (Wildman–Crippen MR) is 70.5 cm³/mol. The number of carboxylic acid groups (broad SMARTS) is 1. The molecule has 2 amide bonds. The summed E-state index contributed by atoms with van der Waals surface area (Å²) in [7, 11) is 1.57. The van der Waals surface area contributed by atoms with E-state index >= 15 is 0 Å². The van der Waals surface area contributed by atoms with Gasteiger partial charge in [-0.1, -0.05) is 12.1 Å². The van der Waals surface area contributed by atoms with Gasteiger partial charge in [0, 0.05) is 13.6 Å². The Balaban J connectivity index is 1.91. The van der Waals surface area contributed by atoms with E-state index in [1.165, 1.54) is 17.0 Å². The third-order valence-corrected chi connectivity index (χ3v) is 3.32. The number of amides is 2. The SMILES string of the molecule is CN(Cc1ccc(F)cc1)C(=O)NC(C(=O)O)C1CC1. The zero-order valence-electron chi connectivity index (χ0n) is 11.2. The van der Waals surface area contributed by atoms with Gasteiger partial charge in [-0.15, -0.1) is 0 Å². The Morgan fingerprint density at radius 3 is 2.50 bits per heavy atom. The van der Waals surface area contributed by atoms with Gasteiger partial charge < -0.3 is 15.3 Å². The first-order chi connectivity index (χ1) is 9.47. The van der Waals surface area contributed by atoms with Crippen LogP contribution in [0.1, 0.15) is 18.4 Å². The minimum Gasteiger partial charge on any atom is -0.480 e. The molecule has 0 spiro atoms. The number of aliphatic carboxylic acids is 1. The maximum absolute atomic E-state index is 12.8. The van der Waals surface area contributed by atoms with Gasteiger partial charge in [-0.3, -0.25) is 0 Å². The highest BCUT2D eigenvalue weighted by molar-refractivity contribution is 5.83. The Hall–Kier alpha value is -2.11. The predicted octanol–water partition coefficient (Wildman–Crippen LogP) is 1.83. The number of carbonyl (C=O) groups excluding carboxylic acids is 1. The molecule has 0 heterocycles. The second-order valence-electron chi connectivity index (χ2n) is 5.09. The normalized spacial score (nSPS) is 15.5. The summed E-state index contributed by atoms with van der Waals surface area (Å²) in [5.41, 5.74) is 0.780. The number of hydrogen-bond donors (Lipinski definition) is 2. The third kappa shape index (κ3) is 3.69. The molecule has 1 unspecified atom stereocenters. The van der Waals surface area contributed by atoms with E-state index in [2.05, 4.69) is 5.32 Å². The molecule has 1 fully saturated rings. The van der Waals surface area contributed by atoms with E-state index in [1.54, 1.807) is 19.2 Å². The number of carboxylic acids is 1. The number of nitrogens with zero attached hydrogens (tertiary/aromatic N) is 1. The summed E-state index contributed by atoms with van der Waals surface area (Å²) in [4.78, 5) is 24.4. The summed E-state index contributed by atoms with van der Waals surface area (Å²) >= 11 is 0. The lowest BCUT2D eigenvalue weighted by Gasteiger charge is -2.21. The van der Waals surface area contributed by atoms with Gasteiger partial charge in [-0.2, -0.15) is 0 Å². The average molecular weight is 280 g/mol. The molecule has 1 aromatic rings. The number of nitrogens with one attached hydrogen (secondary N) is 1. The number of urea groups is 1. The molecule has 0 bridgehead atoms. The van der Waals surface area contributed by atoms with Crippen molar-refractivity contribution in [3.8, 4) is 0 Å². The van der Waals surface area contributed by atoms with Crippen molar-refractivity contribution in [3.05, 3.63) is 35.6 Å². The maximum Gasteiger partial charge on any atom is 0.326 e. The molecule has 1 aromatic carbocycles. The Labute approximate surface area is 116 Å². The molecule has 6 heteroatoms. The van der Waals surface area contributed by atoms with Crippen molar-refractivity contribution in [3.63, 3.8) is 0 Å². The molecule has 1 aliphatic carbocycles. The first kappa shape index (κ1) is 14.3. The van der Waals surface area contributed by atoms with E-state index in [-0.39, 0.29) is 11.7 Å². The molecule has 0 aliphatic heterocycles. The molecule has 1 atom stereocenters. The van der Waals surface area contributed by atoms with E-state index < -0.39 is 18.0 Å². The van der Waals surface area contributed by atoms with E-state index in [0.29, 0.717) is 6.54 Å². The van der Waals surface area contributed by atoms with Crippen LogP contribution >= 0.6 is 0 Å². The number of benzene rings is 1. The van der Waals surface area contributed by atoms with E-state index in [0.717, 1.165) is 18.4 Å². The zero-order chi connectivity index (χ0) is 14.7. The largest absolute Gasteiger partial charge is 0.480 e. The van der Waals surface area contributed by atoms with Gasteiger partial charge in [0.25, 0.3) is 0 Å². The summed E-state index contributed by atoms with van der Waals surface area (Å²) in [6, 6.07) is 4.58. The van der Waals surface area contributed by atoms with Gasteiger partial charge in [-0.25, -0.2) is 14.0 Å². The van der Waals surface area contributed by atoms with E-state index in [9.17, 15) is 14.0 Å². The van der Waals surface area contributed by atoms with Crippen molar-refractivity contribution >= 4 is 12.0 Å². The van der Waals surface area contributed by atoms with E-state index in [4.69, 9.17) is 5.11 Å². The Kier molecular flexibility index (Phi) is 4.22. The van der Waals surface area contributed by atoms with Crippen molar-refractivity contribution in [2.45, 2.75) is 25.4 Å². The molecule has 20 heavy (non-hydrogen) atoms. The summed E-state index contributed by atoms with van der Waals surface area (Å²) in [5.74, 6) is -1.30. The second kappa shape index (κ2) is 5.90. The molecule has 0 radical (unpaired) electrons. The maximum atomic E-state index is 12.8. The monoisotopic (exact) mass is 280 g/mol. The number of carbonyl (C=O) groups is 2. The smallest absolute Gasteiger partial charge is 0.326 e. The van der Waals surface area contributed by atoms with Gasteiger partial charge in [-0.05, 0) is 36.5 Å².